The number of carbonyl (C=O) groups excluding carboxylic acids is 1. The van der Waals surface area contributed by atoms with Crippen LogP contribution in [0.3, 0.4) is 0 Å². The second kappa shape index (κ2) is 8.62. The van der Waals surface area contributed by atoms with Gasteiger partial charge in [0.2, 0.25) is 0 Å². The van der Waals surface area contributed by atoms with Gasteiger partial charge in [-0.1, -0.05) is 36.8 Å². The van der Waals surface area contributed by atoms with Crippen LogP contribution in [0.2, 0.25) is 0 Å². The van der Waals surface area contributed by atoms with Crippen molar-refractivity contribution in [2.75, 3.05) is 24.7 Å². The Kier molecular flexibility index (Phi) is 5.92. The Bertz CT molecular complexity index is 1160. The van der Waals surface area contributed by atoms with Gasteiger partial charge >= 0.3 is 0 Å². The average Bonchev–Trinajstić information content (AvgIpc) is 3.06. The van der Waals surface area contributed by atoms with Gasteiger partial charge in [-0.25, -0.2) is 8.42 Å². The van der Waals surface area contributed by atoms with E-state index in [0.717, 1.165) is 31.5 Å². The highest BCUT2D eigenvalue weighted by molar-refractivity contribution is 7.89. The first-order valence-corrected chi connectivity index (χ1v) is 12.3. The van der Waals surface area contributed by atoms with Crippen LogP contribution in [0.25, 0.3) is 11.0 Å². The van der Waals surface area contributed by atoms with E-state index in [1.54, 1.807) is 24.3 Å². The number of furan rings is 1. The number of para-hydroxylation sites is 1. The number of piperidine rings is 1. The fourth-order valence-corrected chi connectivity index (χ4v) is 4.81. The molecule has 2 heterocycles. The number of hydrogen-bond donors (Lipinski definition) is 1. The third-order valence-electron chi connectivity index (χ3n) is 5.35. The molecule has 0 saturated carbocycles. The van der Waals surface area contributed by atoms with Crippen molar-refractivity contribution in [2.45, 2.75) is 31.6 Å². The van der Waals surface area contributed by atoms with Crippen LogP contribution in [-0.4, -0.2) is 38.6 Å². The van der Waals surface area contributed by atoms with Crippen molar-refractivity contribution < 1.29 is 17.6 Å². The molecule has 0 aliphatic carbocycles. The molecule has 1 aliphatic rings. The van der Waals surface area contributed by atoms with Gasteiger partial charge < -0.3 is 9.73 Å². The van der Waals surface area contributed by atoms with Gasteiger partial charge in [-0.05, 0) is 49.7 Å². The van der Waals surface area contributed by atoms with Crippen LogP contribution in [0, 0.1) is 0 Å². The number of nitrogens with zero attached hydrogens (tertiary/aromatic N) is 1. The van der Waals surface area contributed by atoms with Crippen LogP contribution in [0.15, 0.2) is 52.9 Å². The van der Waals surface area contributed by atoms with E-state index in [1.165, 1.54) is 19.3 Å². The van der Waals surface area contributed by atoms with Gasteiger partial charge in [0.1, 0.15) is 5.58 Å². The molecule has 1 N–H and O–H groups in total. The minimum atomic E-state index is -3.34. The summed E-state index contributed by atoms with van der Waals surface area (Å²) in [5, 5.41) is 3.52. The summed E-state index contributed by atoms with van der Waals surface area (Å²) < 4.78 is 29.6. The number of rotatable bonds is 6. The summed E-state index contributed by atoms with van der Waals surface area (Å²) in [7, 11) is -3.34. The van der Waals surface area contributed by atoms with Crippen molar-refractivity contribution in [3.05, 3.63) is 65.4 Å². The van der Waals surface area contributed by atoms with Gasteiger partial charge in [0, 0.05) is 29.4 Å². The van der Waals surface area contributed by atoms with E-state index < -0.39 is 15.7 Å². The molecule has 1 aromatic heterocycles. The summed E-state index contributed by atoms with van der Waals surface area (Å²) in [6, 6.07) is 14.9. The van der Waals surface area contributed by atoms with E-state index in [-0.39, 0.29) is 11.5 Å². The molecule has 4 rings (SSSR count). The summed E-state index contributed by atoms with van der Waals surface area (Å²) in [6.07, 6.45) is 4.90. The number of nitrogens with one attached hydrogen (secondary N) is 1. The number of benzene rings is 2. The SMILES string of the molecule is CS(=O)(=O)Cc1c(C(=O)Nc2cccc(CN3CCCCC3)c2)oc2ccccc12. The van der Waals surface area contributed by atoms with Crippen LogP contribution < -0.4 is 5.32 Å². The van der Waals surface area contributed by atoms with E-state index in [1.807, 2.05) is 18.2 Å². The molecule has 0 spiro atoms. The van der Waals surface area contributed by atoms with E-state index in [9.17, 15) is 13.2 Å². The number of fused-ring (bicyclic) bond motifs is 1. The molecule has 6 nitrogen and oxygen atoms in total. The summed E-state index contributed by atoms with van der Waals surface area (Å²) >= 11 is 0. The first-order chi connectivity index (χ1) is 14.4. The molecular formula is C23H26N2O4S. The van der Waals surface area contributed by atoms with Gasteiger partial charge in [0.05, 0.1) is 5.75 Å². The van der Waals surface area contributed by atoms with E-state index in [0.29, 0.717) is 22.2 Å². The molecule has 7 heteroatoms. The molecule has 0 atom stereocenters. The van der Waals surface area contributed by atoms with Crippen molar-refractivity contribution in [1.82, 2.24) is 4.90 Å². The minimum Gasteiger partial charge on any atom is -0.451 e. The fraction of sp³-hybridized carbons (Fsp3) is 0.348. The maximum atomic E-state index is 13.0. The predicted octanol–water partition coefficient (Wildman–Crippen LogP) is 4.22. The topological polar surface area (TPSA) is 79.6 Å². The minimum absolute atomic E-state index is 0.0445. The second-order valence-electron chi connectivity index (χ2n) is 7.97. The molecule has 0 unspecified atom stereocenters. The Morgan fingerprint density at radius 3 is 2.60 bits per heavy atom. The predicted molar refractivity (Wildman–Crippen MR) is 118 cm³/mol. The van der Waals surface area contributed by atoms with E-state index >= 15 is 0 Å². The zero-order valence-corrected chi connectivity index (χ0v) is 17.9. The van der Waals surface area contributed by atoms with Crippen molar-refractivity contribution in [1.29, 1.82) is 0 Å². The summed E-state index contributed by atoms with van der Waals surface area (Å²) in [5.74, 6) is -0.648. The van der Waals surface area contributed by atoms with Gasteiger partial charge in [-0.2, -0.15) is 0 Å². The lowest BCUT2D eigenvalue weighted by Gasteiger charge is -2.26. The normalized spacial score (nSPS) is 15.4. The van der Waals surface area contributed by atoms with Gasteiger partial charge in [-0.3, -0.25) is 9.69 Å². The summed E-state index contributed by atoms with van der Waals surface area (Å²) in [6.45, 7) is 3.06. The Labute approximate surface area is 176 Å². The Morgan fingerprint density at radius 1 is 1.07 bits per heavy atom. The van der Waals surface area contributed by atoms with E-state index in [2.05, 4.69) is 16.3 Å². The lowest BCUT2D eigenvalue weighted by atomic mass is 10.1. The molecular weight excluding hydrogens is 400 g/mol. The Hall–Kier alpha value is -2.64. The molecule has 3 aromatic rings. The van der Waals surface area contributed by atoms with Crippen LogP contribution in [0.5, 0.6) is 0 Å². The Balaban J connectivity index is 1.57. The highest BCUT2D eigenvalue weighted by Crippen LogP contribution is 2.28. The van der Waals surface area contributed by atoms with Crippen LogP contribution in [0.4, 0.5) is 5.69 Å². The molecule has 2 aromatic carbocycles. The van der Waals surface area contributed by atoms with E-state index in [4.69, 9.17) is 4.42 Å². The zero-order chi connectivity index (χ0) is 21.1. The fourth-order valence-electron chi connectivity index (χ4n) is 4.00. The third kappa shape index (κ3) is 4.91. The molecule has 1 aliphatic heterocycles. The molecule has 1 amide bonds. The van der Waals surface area contributed by atoms with Crippen LogP contribution >= 0.6 is 0 Å². The molecule has 0 radical (unpaired) electrons. The van der Waals surface area contributed by atoms with Gasteiger partial charge in [-0.15, -0.1) is 0 Å². The third-order valence-corrected chi connectivity index (χ3v) is 6.16. The average molecular weight is 427 g/mol. The van der Waals surface area contributed by atoms with Crippen LogP contribution in [-0.2, 0) is 22.1 Å². The molecule has 0 bridgehead atoms. The Morgan fingerprint density at radius 2 is 1.83 bits per heavy atom. The summed E-state index contributed by atoms with van der Waals surface area (Å²) in [4.78, 5) is 15.4. The maximum Gasteiger partial charge on any atom is 0.291 e. The van der Waals surface area contributed by atoms with Crippen molar-refractivity contribution in [3.63, 3.8) is 0 Å². The second-order valence-corrected chi connectivity index (χ2v) is 10.1. The maximum absolute atomic E-state index is 13.0. The highest BCUT2D eigenvalue weighted by atomic mass is 32.2. The first kappa shape index (κ1) is 20.6. The number of anilines is 1. The quantitative estimate of drug-likeness (QED) is 0.639. The monoisotopic (exact) mass is 426 g/mol. The van der Waals surface area contributed by atoms with Gasteiger partial charge in [0.15, 0.2) is 15.6 Å². The largest absolute Gasteiger partial charge is 0.451 e. The lowest BCUT2D eigenvalue weighted by Crippen LogP contribution is -2.29. The highest BCUT2D eigenvalue weighted by Gasteiger charge is 2.23. The van der Waals surface area contributed by atoms with Crippen LogP contribution in [0.1, 0.15) is 40.9 Å². The van der Waals surface area contributed by atoms with Gasteiger partial charge in [0.25, 0.3) is 5.91 Å². The molecule has 158 valence electrons. The number of hydrogen-bond acceptors (Lipinski definition) is 5. The summed E-state index contributed by atoms with van der Waals surface area (Å²) in [5.41, 5.74) is 2.70. The number of amides is 1. The molecule has 30 heavy (non-hydrogen) atoms. The van der Waals surface area contributed by atoms with Crippen molar-refractivity contribution in [3.8, 4) is 0 Å². The van der Waals surface area contributed by atoms with Crippen molar-refractivity contribution in [2.24, 2.45) is 0 Å². The lowest BCUT2D eigenvalue weighted by molar-refractivity contribution is 0.0998. The zero-order valence-electron chi connectivity index (χ0n) is 17.1. The number of sulfone groups is 1. The van der Waals surface area contributed by atoms with Crippen molar-refractivity contribution >= 4 is 32.4 Å². The molecule has 1 fully saturated rings. The number of carbonyl (C=O) groups is 1. The number of likely N-dealkylation sites (tertiary alicyclic amines) is 1. The smallest absolute Gasteiger partial charge is 0.291 e. The first-order valence-electron chi connectivity index (χ1n) is 10.2. The standard InChI is InChI=1S/C23H26N2O4S/c1-30(27,28)16-20-19-10-3-4-11-21(19)29-22(20)23(26)24-18-9-7-8-17(14-18)15-25-12-5-2-6-13-25/h3-4,7-11,14H,2,5-6,12-13,15-16H2,1H3,(H,24,26). The molecule has 1 saturated heterocycles.